The van der Waals surface area contributed by atoms with Crippen molar-refractivity contribution in [2.24, 2.45) is 7.05 Å². The van der Waals surface area contributed by atoms with E-state index in [1.807, 2.05) is 31.6 Å². The van der Waals surface area contributed by atoms with Crippen LogP contribution >= 0.6 is 0 Å². The molecular weight excluding hydrogens is 252 g/mol. The lowest BCUT2D eigenvalue weighted by Crippen LogP contribution is -2.17. The molecule has 0 fully saturated rings. The third-order valence-corrected chi connectivity index (χ3v) is 3.05. The average molecular weight is 270 g/mol. The van der Waals surface area contributed by atoms with Gasteiger partial charge in [0.25, 0.3) is 0 Å². The Kier molecular flexibility index (Phi) is 4.38. The van der Waals surface area contributed by atoms with E-state index in [4.69, 9.17) is 10.00 Å². The molecule has 0 spiro atoms. The first kappa shape index (κ1) is 14.1. The standard InChI is InChI=1S/C15H18N4O/c1-18(10-13-8-17-19(2)11-13)9-12-4-5-14(7-16)15(6-12)20-3/h4-6,8,11H,9-10H2,1-3H3. The highest BCUT2D eigenvalue weighted by molar-refractivity contribution is 5.45. The third kappa shape index (κ3) is 3.37. The molecule has 0 unspecified atom stereocenters. The van der Waals surface area contributed by atoms with Crippen LogP contribution in [0.2, 0.25) is 0 Å². The minimum absolute atomic E-state index is 0.561. The Bertz CT molecular complexity index is 627. The summed E-state index contributed by atoms with van der Waals surface area (Å²) in [6.07, 6.45) is 3.88. The van der Waals surface area contributed by atoms with Crippen LogP contribution in [0.15, 0.2) is 30.6 Å². The fraction of sp³-hybridized carbons (Fsp3) is 0.333. The van der Waals surface area contributed by atoms with Crippen molar-refractivity contribution >= 4 is 0 Å². The van der Waals surface area contributed by atoms with Gasteiger partial charge in [-0.25, -0.2) is 0 Å². The van der Waals surface area contributed by atoms with Crippen LogP contribution in [0.1, 0.15) is 16.7 Å². The molecule has 104 valence electrons. The zero-order chi connectivity index (χ0) is 14.5. The van der Waals surface area contributed by atoms with Gasteiger partial charge in [0.15, 0.2) is 0 Å². The van der Waals surface area contributed by atoms with Gasteiger partial charge in [0.05, 0.1) is 18.9 Å². The minimum atomic E-state index is 0.561. The second-order valence-corrected chi connectivity index (χ2v) is 4.84. The van der Waals surface area contributed by atoms with Crippen molar-refractivity contribution in [3.05, 3.63) is 47.3 Å². The van der Waals surface area contributed by atoms with Gasteiger partial charge in [-0.1, -0.05) is 6.07 Å². The number of hydrogen-bond donors (Lipinski definition) is 0. The van der Waals surface area contributed by atoms with Gasteiger partial charge in [-0.15, -0.1) is 0 Å². The fourth-order valence-corrected chi connectivity index (χ4v) is 2.16. The predicted molar refractivity (Wildman–Crippen MR) is 76.1 cm³/mol. The molecule has 0 radical (unpaired) electrons. The Balaban J connectivity index is 2.04. The number of nitrogens with zero attached hydrogens (tertiary/aromatic N) is 4. The molecular formula is C15H18N4O. The molecule has 0 aliphatic rings. The van der Waals surface area contributed by atoms with Gasteiger partial charge in [-0.3, -0.25) is 9.58 Å². The van der Waals surface area contributed by atoms with E-state index in [9.17, 15) is 0 Å². The second kappa shape index (κ2) is 6.22. The second-order valence-electron chi connectivity index (χ2n) is 4.84. The highest BCUT2D eigenvalue weighted by Gasteiger charge is 2.07. The highest BCUT2D eigenvalue weighted by atomic mass is 16.5. The van der Waals surface area contributed by atoms with E-state index in [1.54, 1.807) is 17.9 Å². The van der Waals surface area contributed by atoms with Crippen molar-refractivity contribution in [1.82, 2.24) is 14.7 Å². The summed E-state index contributed by atoms with van der Waals surface area (Å²) in [6.45, 7) is 1.62. The monoisotopic (exact) mass is 270 g/mol. The van der Waals surface area contributed by atoms with Gasteiger partial charge in [-0.2, -0.15) is 10.4 Å². The van der Waals surface area contributed by atoms with Crippen molar-refractivity contribution in [3.63, 3.8) is 0 Å². The lowest BCUT2D eigenvalue weighted by atomic mass is 10.1. The first-order chi connectivity index (χ1) is 9.62. The SMILES string of the molecule is COc1cc(CN(C)Cc2cnn(C)c2)ccc1C#N. The van der Waals surface area contributed by atoms with E-state index in [0.717, 1.165) is 18.7 Å². The zero-order valence-electron chi connectivity index (χ0n) is 12.0. The van der Waals surface area contributed by atoms with E-state index in [-0.39, 0.29) is 0 Å². The maximum atomic E-state index is 8.97. The van der Waals surface area contributed by atoms with Gasteiger partial charge in [0, 0.05) is 31.9 Å². The molecule has 0 bridgehead atoms. The molecule has 1 heterocycles. The molecule has 20 heavy (non-hydrogen) atoms. The lowest BCUT2D eigenvalue weighted by molar-refractivity contribution is 0.318. The quantitative estimate of drug-likeness (QED) is 0.833. The Morgan fingerprint density at radius 1 is 1.35 bits per heavy atom. The lowest BCUT2D eigenvalue weighted by Gasteiger charge is -2.16. The van der Waals surface area contributed by atoms with Crippen LogP contribution in [0.25, 0.3) is 0 Å². The molecule has 0 aliphatic carbocycles. The van der Waals surface area contributed by atoms with Crippen LogP contribution in [0, 0.1) is 11.3 Å². The number of aryl methyl sites for hydroxylation is 1. The van der Waals surface area contributed by atoms with Crippen LogP contribution < -0.4 is 4.74 Å². The summed E-state index contributed by atoms with van der Waals surface area (Å²) in [5.41, 5.74) is 2.86. The summed E-state index contributed by atoms with van der Waals surface area (Å²) < 4.78 is 7.03. The molecule has 2 rings (SSSR count). The Hall–Kier alpha value is -2.32. The van der Waals surface area contributed by atoms with Crippen molar-refractivity contribution in [2.45, 2.75) is 13.1 Å². The van der Waals surface area contributed by atoms with Crippen molar-refractivity contribution in [2.75, 3.05) is 14.2 Å². The summed E-state index contributed by atoms with van der Waals surface area (Å²) in [6, 6.07) is 7.79. The number of ether oxygens (including phenoxy) is 1. The largest absolute Gasteiger partial charge is 0.495 e. The molecule has 5 nitrogen and oxygen atoms in total. The van der Waals surface area contributed by atoms with Gasteiger partial charge in [-0.05, 0) is 24.7 Å². The van der Waals surface area contributed by atoms with E-state index >= 15 is 0 Å². The summed E-state index contributed by atoms with van der Waals surface area (Å²) in [5, 5.41) is 13.1. The van der Waals surface area contributed by atoms with Crippen LogP contribution in [0.3, 0.4) is 0 Å². The van der Waals surface area contributed by atoms with Gasteiger partial charge in [0.1, 0.15) is 11.8 Å². The van der Waals surface area contributed by atoms with E-state index in [0.29, 0.717) is 11.3 Å². The van der Waals surface area contributed by atoms with Crippen molar-refractivity contribution in [1.29, 1.82) is 5.26 Å². The van der Waals surface area contributed by atoms with E-state index in [2.05, 4.69) is 23.1 Å². The van der Waals surface area contributed by atoms with Crippen LogP contribution in [-0.2, 0) is 20.1 Å². The van der Waals surface area contributed by atoms with Gasteiger partial charge in [0.2, 0.25) is 0 Å². The zero-order valence-corrected chi connectivity index (χ0v) is 12.0. The summed E-state index contributed by atoms with van der Waals surface area (Å²) in [7, 11) is 5.55. The molecule has 0 atom stereocenters. The number of hydrogen-bond acceptors (Lipinski definition) is 4. The summed E-state index contributed by atoms with van der Waals surface area (Å²) in [4.78, 5) is 2.19. The van der Waals surface area contributed by atoms with Crippen LogP contribution in [0.4, 0.5) is 0 Å². The smallest absolute Gasteiger partial charge is 0.136 e. The topological polar surface area (TPSA) is 54.1 Å². The van der Waals surface area contributed by atoms with Crippen LogP contribution in [0.5, 0.6) is 5.75 Å². The molecule has 1 aromatic carbocycles. The molecule has 2 aromatic rings. The van der Waals surface area contributed by atoms with Crippen LogP contribution in [-0.4, -0.2) is 28.8 Å². The number of nitriles is 1. The maximum absolute atomic E-state index is 8.97. The minimum Gasteiger partial charge on any atom is -0.495 e. The Morgan fingerprint density at radius 3 is 2.70 bits per heavy atom. The molecule has 0 N–H and O–H groups in total. The molecule has 0 saturated carbocycles. The van der Waals surface area contributed by atoms with Gasteiger partial charge < -0.3 is 4.74 Å². The number of methoxy groups -OCH3 is 1. The first-order valence-electron chi connectivity index (χ1n) is 6.35. The highest BCUT2D eigenvalue weighted by Crippen LogP contribution is 2.20. The van der Waals surface area contributed by atoms with E-state index in [1.165, 1.54) is 5.56 Å². The molecule has 0 aliphatic heterocycles. The number of benzene rings is 1. The fourth-order valence-electron chi connectivity index (χ4n) is 2.16. The Morgan fingerprint density at radius 2 is 2.10 bits per heavy atom. The van der Waals surface area contributed by atoms with Gasteiger partial charge >= 0.3 is 0 Å². The first-order valence-corrected chi connectivity index (χ1v) is 6.35. The summed E-state index contributed by atoms with van der Waals surface area (Å²) >= 11 is 0. The molecule has 1 aromatic heterocycles. The average Bonchev–Trinajstić information content (AvgIpc) is 2.83. The predicted octanol–water partition coefficient (Wildman–Crippen LogP) is 1.93. The third-order valence-electron chi connectivity index (χ3n) is 3.05. The Labute approximate surface area is 119 Å². The molecule has 0 amide bonds. The molecule has 5 heteroatoms. The maximum Gasteiger partial charge on any atom is 0.136 e. The normalized spacial score (nSPS) is 10.6. The number of aromatic nitrogens is 2. The van der Waals surface area contributed by atoms with Crippen molar-refractivity contribution < 1.29 is 4.74 Å². The van der Waals surface area contributed by atoms with Crippen molar-refractivity contribution in [3.8, 4) is 11.8 Å². The number of rotatable bonds is 5. The van der Waals surface area contributed by atoms with E-state index < -0.39 is 0 Å². The molecule has 0 saturated heterocycles. The summed E-state index contributed by atoms with van der Waals surface area (Å²) in [5.74, 6) is 0.625.